The molecule has 0 unspecified atom stereocenters. The van der Waals surface area contributed by atoms with Gasteiger partial charge in [0, 0.05) is 11.3 Å². The number of rotatable bonds is 6. The maximum Gasteiger partial charge on any atom is 0.416 e. The Labute approximate surface area is 159 Å². The number of benzene rings is 2. The number of carbonyl (C=O) groups excluding carboxylic acids is 3. The Morgan fingerprint density at radius 1 is 1.07 bits per heavy atom. The van der Waals surface area contributed by atoms with E-state index in [4.69, 9.17) is 4.74 Å². The lowest BCUT2D eigenvalue weighted by Gasteiger charge is -2.14. The summed E-state index contributed by atoms with van der Waals surface area (Å²) in [4.78, 5) is 35.3. The smallest absolute Gasteiger partial charge is 0.416 e. The van der Waals surface area contributed by atoms with Crippen molar-refractivity contribution in [2.45, 2.75) is 32.5 Å². The fraction of sp³-hybridized carbons (Fsp3) is 0.250. The van der Waals surface area contributed by atoms with Crippen molar-refractivity contribution >= 4 is 23.3 Å². The normalized spacial score (nSPS) is 12.2. The summed E-state index contributed by atoms with van der Waals surface area (Å²) in [6, 6.07) is 10.5. The molecule has 0 aromatic heterocycles. The Bertz CT molecular complexity index is 876. The molecule has 2 aromatic carbocycles. The van der Waals surface area contributed by atoms with Crippen LogP contribution in [0.5, 0.6) is 0 Å². The SMILES string of the molecule is CC(=O)c1ccc(NC(=O)[C@@H](C)OC(=O)Cc2cccc(C(F)(F)F)c2)cc1. The second kappa shape index (κ2) is 8.69. The van der Waals surface area contributed by atoms with Crippen molar-refractivity contribution in [1.29, 1.82) is 0 Å². The minimum atomic E-state index is -4.51. The van der Waals surface area contributed by atoms with Gasteiger partial charge in [0.05, 0.1) is 12.0 Å². The molecule has 148 valence electrons. The standard InChI is InChI=1S/C20H18F3NO4/c1-12(25)15-6-8-17(9-7-15)24-19(27)13(2)28-18(26)11-14-4-3-5-16(10-14)20(21,22)23/h3-10,13H,11H2,1-2H3,(H,24,27)/t13-/m1/s1. The highest BCUT2D eigenvalue weighted by molar-refractivity contribution is 5.97. The van der Waals surface area contributed by atoms with Gasteiger partial charge in [0.15, 0.2) is 11.9 Å². The van der Waals surface area contributed by atoms with Gasteiger partial charge in [0.25, 0.3) is 5.91 Å². The number of nitrogens with one attached hydrogen (secondary N) is 1. The highest BCUT2D eigenvalue weighted by Crippen LogP contribution is 2.29. The molecule has 0 bridgehead atoms. The van der Waals surface area contributed by atoms with Crippen molar-refractivity contribution in [3.05, 3.63) is 65.2 Å². The van der Waals surface area contributed by atoms with Gasteiger partial charge in [-0.3, -0.25) is 14.4 Å². The molecule has 2 aromatic rings. The molecule has 0 spiro atoms. The first-order valence-electron chi connectivity index (χ1n) is 8.34. The Balaban J connectivity index is 1.92. The van der Waals surface area contributed by atoms with Gasteiger partial charge in [-0.2, -0.15) is 13.2 Å². The van der Waals surface area contributed by atoms with E-state index in [1.54, 1.807) is 12.1 Å². The van der Waals surface area contributed by atoms with Crippen molar-refractivity contribution in [1.82, 2.24) is 0 Å². The van der Waals surface area contributed by atoms with E-state index in [1.807, 2.05) is 0 Å². The topological polar surface area (TPSA) is 72.5 Å². The van der Waals surface area contributed by atoms with Crippen LogP contribution in [-0.4, -0.2) is 23.8 Å². The number of ether oxygens (including phenoxy) is 1. The molecule has 2 rings (SSSR count). The van der Waals surface area contributed by atoms with E-state index in [2.05, 4.69) is 5.32 Å². The fourth-order valence-electron chi connectivity index (χ4n) is 2.35. The highest BCUT2D eigenvalue weighted by atomic mass is 19.4. The van der Waals surface area contributed by atoms with Gasteiger partial charge >= 0.3 is 12.1 Å². The molecule has 28 heavy (non-hydrogen) atoms. The summed E-state index contributed by atoms with van der Waals surface area (Å²) in [5.74, 6) is -1.54. The third kappa shape index (κ3) is 5.94. The average Bonchev–Trinajstić information content (AvgIpc) is 2.61. The zero-order chi connectivity index (χ0) is 20.9. The van der Waals surface area contributed by atoms with Crippen molar-refractivity contribution in [3.63, 3.8) is 0 Å². The minimum absolute atomic E-state index is 0.116. The van der Waals surface area contributed by atoms with E-state index in [0.717, 1.165) is 12.1 Å². The summed E-state index contributed by atoms with van der Waals surface area (Å²) < 4.78 is 43.1. The number of hydrogen-bond acceptors (Lipinski definition) is 4. The highest BCUT2D eigenvalue weighted by Gasteiger charge is 2.30. The zero-order valence-corrected chi connectivity index (χ0v) is 15.2. The van der Waals surface area contributed by atoms with Crippen LogP contribution in [0, 0.1) is 0 Å². The average molecular weight is 393 g/mol. The van der Waals surface area contributed by atoms with E-state index < -0.39 is 36.1 Å². The minimum Gasteiger partial charge on any atom is -0.452 e. The summed E-state index contributed by atoms with van der Waals surface area (Å²) in [6.45, 7) is 2.77. The molecule has 5 nitrogen and oxygen atoms in total. The molecule has 0 saturated heterocycles. The summed E-state index contributed by atoms with van der Waals surface area (Å²) in [7, 11) is 0. The first-order valence-corrected chi connectivity index (χ1v) is 8.34. The van der Waals surface area contributed by atoms with Crippen molar-refractivity contribution in [2.75, 3.05) is 5.32 Å². The maximum absolute atomic E-state index is 12.7. The Hall–Kier alpha value is -3.16. The number of carbonyl (C=O) groups is 3. The Morgan fingerprint density at radius 3 is 2.29 bits per heavy atom. The number of anilines is 1. The second-order valence-corrected chi connectivity index (χ2v) is 6.13. The first kappa shape index (κ1) is 21.1. The molecule has 1 N–H and O–H groups in total. The van der Waals surface area contributed by atoms with Crippen molar-refractivity contribution < 1.29 is 32.3 Å². The largest absolute Gasteiger partial charge is 0.452 e. The predicted molar refractivity (Wildman–Crippen MR) is 95.8 cm³/mol. The number of ketones is 1. The molecular formula is C20H18F3NO4. The number of amides is 1. The predicted octanol–water partition coefficient (Wildman–Crippen LogP) is 4.02. The summed E-state index contributed by atoms with van der Waals surface area (Å²) in [5, 5.41) is 2.53. The number of alkyl halides is 3. The Morgan fingerprint density at radius 2 is 1.71 bits per heavy atom. The second-order valence-electron chi connectivity index (χ2n) is 6.13. The molecule has 0 heterocycles. The lowest BCUT2D eigenvalue weighted by Crippen LogP contribution is -2.30. The van der Waals surface area contributed by atoms with E-state index in [-0.39, 0.29) is 11.3 Å². The molecule has 0 aliphatic heterocycles. The molecule has 8 heteroatoms. The molecule has 0 aliphatic rings. The van der Waals surface area contributed by atoms with Gasteiger partial charge in [-0.25, -0.2) is 0 Å². The number of halogens is 3. The van der Waals surface area contributed by atoms with Crippen LogP contribution in [0.3, 0.4) is 0 Å². The van der Waals surface area contributed by atoms with Gasteiger partial charge in [-0.1, -0.05) is 18.2 Å². The Kier molecular flexibility index (Phi) is 6.56. The maximum atomic E-state index is 12.7. The molecule has 0 radical (unpaired) electrons. The third-order valence-corrected chi connectivity index (χ3v) is 3.84. The first-order chi connectivity index (χ1) is 13.1. The van der Waals surface area contributed by atoms with Crippen LogP contribution in [0.2, 0.25) is 0 Å². The van der Waals surface area contributed by atoms with E-state index in [1.165, 1.54) is 38.1 Å². The molecule has 0 saturated carbocycles. The van der Waals surface area contributed by atoms with Gasteiger partial charge in [0.2, 0.25) is 0 Å². The van der Waals surface area contributed by atoms with E-state index in [0.29, 0.717) is 11.3 Å². The van der Waals surface area contributed by atoms with Crippen LogP contribution in [0.1, 0.15) is 35.3 Å². The van der Waals surface area contributed by atoms with E-state index in [9.17, 15) is 27.6 Å². The van der Waals surface area contributed by atoms with Gasteiger partial charge < -0.3 is 10.1 Å². The zero-order valence-electron chi connectivity index (χ0n) is 15.2. The van der Waals surface area contributed by atoms with Crippen LogP contribution in [0.4, 0.5) is 18.9 Å². The monoisotopic (exact) mass is 393 g/mol. The summed E-state index contributed by atoms with van der Waals surface area (Å²) in [5.41, 5.74) is 0.166. The molecule has 1 atom stereocenters. The van der Waals surface area contributed by atoms with Gasteiger partial charge in [0.1, 0.15) is 0 Å². The number of hydrogen-bond donors (Lipinski definition) is 1. The number of Topliss-reactive ketones (excluding diaryl/α,β-unsaturated/α-hetero) is 1. The van der Waals surface area contributed by atoms with E-state index >= 15 is 0 Å². The molecule has 0 fully saturated rings. The quantitative estimate of drug-likeness (QED) is 0.594. The summed E-state index contributed by atoms with van der Waals surface area (Å²) in [6.07, 6.45) is -6.05. The van der Waals surface area contributed by atoms with Crippen molar-refractivity contribution in [3.8, 4) is 0 Å². The van der Waals surface area contributed by atoms with Gasteiger partial charge in [-0.15, -0.1) is 0 Å². The molecule has 0 aliphatic carbocycles. The van der Waals surface area contributed by atoms with Crippen LogP contribution in [0.15, 0.2) is 48.5 Å². The molecule has 1 amide bonds. The summed E-state index contributed by atoms with van der Waals surface area (Å²) >= 11 is 0. The lowest BCUT2D eigenvalue weighted by molar-refractivity contribution is -0.152. The molecular weight excluding hydrogens is 375 g/mol. The van der Waals surface area contributed by atoms with Gasteiger partial charge in [-0.05, 0) is 49.7 Å². The van der Waals surface area contributed by atoms with Crippen LogP contribution < -0.4 is 5.32 Å². The van der Waals surface area contributed by atoms with Crippen LogP contribution in [-0.2, 0) is 26.9 Å². The van der Waals surface area contributed by atoms with Crippen LogP contribution in [0.25, 0.3) is 0 Å². The lowest BCUT2D eigenvalue weighted by atomic mass is 10.1. The van der Waals surface area contributed by atoms with Crippen molar-refractivity contribution in [2.24, 2.45) is 0 Å². The third-order valence-electron chi connectivity index (χ3n) is 3.84. The van der Waals surface area contributed by atoms with Crippen LogP contribution >= 0.6 is 0 Å². The fourth-order valence-corrected chi connectivity index (χ4v) is 2.35. The number of esters is 1.